The number of methoxy groups -OCH3 is 1. The van der Waals surface area contributed by atoms with Crippen molar-refractivity contribution in [1.82, 2.24) is 14.7 Å². The second kappa shape index (κ2) is 12.4. The maximum atomic E-state index is 13.3. The number of para-hydroxylation sites is 1. The Balaban J connectivity index is 1.64. The second-order valence-electron chi connectivity index (χ2n) is 8.40. The van der Waals surface area contributed by atoms with Crippen molar-refractivity contribution in [1.29, 1.82) is 0 Å². The Hall–Kier alpha value is -4.38. The number of benzene rings is 2. The minimum atomic E-state index is -4.94. The van der Waals surface area contributed by atoms with Crippen LogP contribution in [0.4, 0.5) is 5.69 Å². The highest BCUT2D eigenvalue weighted by atomic mass is 32.2. The first kappa shape index (κ1) is 29.6. The van der Waals surface area contributed by atoms with Gasteiger partial charge in [0.2, 0.25) is 0 Å². The minimum absolute atomic E-state index is 0.0167. The molecule has 14 nitrogen and oxygen atoms in total. The van der Waals surface area contributed by atoms with Gasteiger partial charge in [-0.1, -0.05) is 18.2 Å². The van der Waals surface area contributed by atoms with Gasteiger partial charge in [0.15, 0.2) is 14.7 Å². The van der Waals surface area contributed by atoms with E-state index in [1.165, 1.54) is 31.5 Å². The summed E-state index contributed by atoms with van der Waals surface area (Å²) >= 11 is 0. The highest BCUT2D eigenvalue weighted by molar-refractivity contribution is 7.94. The normalized spacial score (nSPS) is 11.8. The molecule has 2 aromatic carbocycles. The number of sulfone groups is 1. The lowest BCUT2D eigenvalue weighted by molar-refractivity contribution is -0.388. The van der Waals surface area contributed by atoms with Crippen molar-refractivity contribution in [3.05, 3.63) is 82.7 Å². The summed E-state index contributed by atoms with van der Waals surface area (Å²) in [5, 5.41) is 12.4. The fraction of sp³-hybridized carbons (Fsp3) is 0.200. The molecule has 216 valence electrons. The molecule has 0 aliphatic rings. The number of carbonyl (C=O) groups excluding carboxylic acids is 1. The van der Waals surface area contributed by atoms with E-state index in [1.54, 1.807) is 29.1 Å². The smallest absolute Gasteiger partial charge is 0.289 e. The van der Waals surface area contributed by atoms with E-state index in [0.29, 0.717) is 5.65 Å². The van der Waals surface area contributed by atoms with Crippen molar-refractivity contribution in [3.63, 3.8) is 0 Å². The number of H-pyrrole nitrogens is 1. The molecule has 0 aliphatic heterocycles. The van der Waals surface area contributed by atoms with E-state index in [2.05, 4.69) is 9.97 Å². The summed E-state index contributed by atoms with van der Waals surface area (Å²) in [6, 6.07) is 11.9. The van der Waals surface area contributed by atoms with Gasteiger partial charge in [0, 0.05) is 24.8 Å². The number of ether oxygens (including phenoxy) is 3. The summed E-state index contributed by atoms with van der Waals surface area (Å²) in [6.45, 7) is -0.141. The average molecular weight is 605 g/mol. The lowest BCUT2D eigenvalue weighted by atomic mass is 10.2. The number of amides is 1. The van der Waals surface area contributed by atoms with E-state index < -0.39 is 51.9 Å². The quantitative estimate of drug-likeness (QED) is 0.129. The summed E-state index contributed by atoms with van der Waals surface area (Å²) in [5.74, 6) is -1.67. The third kappa shape index (κ3) is 6.86. The summed E-state index contributed by atoms with van der Waals surface area (Å²) < 4.78 is 70.5. The predicted molar refractivity (Wildman–Crippen MR) is 145 cm³/mol. The SMILES string of the molecule is COCCOCCS(=O)(=O)c1c([N+](=O)[O-])cccc1S(=O)(=O)NC(=O)c1ccccc1Oc1cnc2[nH]ccc2c1. The number of nitro groups is 1. The summed E-state index contributed by atoms with van der Waals surface area (Å²) in [7, 11) is -8.10. The Kier molecular flexibility index (Phi) is 8.97. The number of carbonyl (C=O) groups is 1. The second-order valence-corrected chi connectivity index (χ2v) is 12.1. The number of nitrogens with zero attached hydrogens (tertiary/aromatic N) is 2. The number of fused-ring (bicyclic) bond motifs is 1. The molecule has 1 amide bonds. The van der Waals surface area contributed by atoms with Crippen LogP contribution >= 0.6 is 0 Å². The molecule has 0 atom stereocenters. The van der Waals surface area contributed by atoms with Crippen molar-refractivity contribution in [2.75, 3.05) is 32.7 Å². The fourth-order valence-corrected chi connectivity index (χ4v) is 6.92. The first-order chi connectivity index (χ1) is 19.5. The zero-order chi connectivity index (χ0) is 29.6. The third-order valence-electron chi connectivity index (χ3n) is 5.65. The van der Waals surface area contributed by atoms with Crippen molar-refractivity contribution in [3.8, 4) is 11.5 Å². The Morgan fingerprint density at radius 3 is 2.59 bits per heavy atom. The summed E-state index contributed by atoms with van der Waals surface area (Å²) in [5.41, 5.74) is -0.557. The van der Waals surface area contributed by atoms with Crippen LogP contribution in [-0.4, -0.2) is 70.3 Å². The Labute approximate surface area is 234 Å². The van der Waals surface area contributed by atoms with Crippen LogP contribution in [0.1, 0.15) is 10.4 Å². The Morgan fingerprint density at radius 2 is 1.83 bits per heavy atom. The zero-order valence-electron chi connectivity index (χ0n) is 21.5. The van der Waals surface area contributed by atoms with Crippen LogP contribution in [0.3, 0.4) is 0 Å². The molecule has 2 heterocycles. The number of aromatic amines is 1. The van der Waals surface area contributed by atoms with Gasteiger partial charge in [-0.25, -0.2) is 26.5 Å². The van der Waals surface area contributed by atoms with Crippen LogP contribution in [-0.2, 0) is 29.3 Å². The van der Waals surface area contributed by atoms with Gasteiger partial charge in [-0.15, -0.1) is 0 Å². The molecule has 4 rings (SSSR count). The molecule has 0 aliphatic carbocycles. The number of nitro benzene ring substituents is 1. The maximum absolute atomic E-state index is 13.3. The lowest BCUT2D eigenvalue weighted by Gasteiger charge is -2.14. The molecule has 0 saturated heterocycles. The van der Waals surface area contributed by atoms with Gasteiger partial charge in [-0.3, -0.25) is 14.9 Å². The van der Waals surface area contributed by atoms with E-state index in [0.717, 1.165) is 23.6 Å². The van der Waals surface area contributed by atoms with Crippen LogP contribution < -0.4 is 9.46 Å². The first-order valence-corrected chi connectivity index (χ1v) is 15.0. The molecule has 41 heavy (non-hydrogen) atoms. The molecule has 2 N–H and O–H groups in total. The molecule has 16 heteroatoms. The molecule has 0 bridgehead atoms. The largest absolute Gasteiger partial charge is 0.455 e. The average Bonchev–Trinajstić information content (AvgIpc) is 3.40. The highest BCUT2D eigenvalue weighted by Crippen LogP contribution is 2.32. The molecule has 0 spiro atoms. The molecule has 0 radical (unpaired) electrons. The summed E-state index contributed by atoms with van der Waals surface area (Å²) in [6.07, 6.45) is 3.09. The molecule has 4 aromatic rings. The highest BCUT2D eigenvalue weighted by Gasteiger charge is 2.35. The lowest BCUT2D eigenvalue weighted by Crippen LogP contribution is -2.32. The van der Waals surface area contributed by atoms with Crippen molar-refractivity contribution in [2.24, 2.45) is 0 Å². The molecular formula is C25H24N4O10S2. The number of nitrogens with one attached hydrogen (secondary N) is 2. The van der Waals surface area contributed by atoms with Gasteiger partial charge in [-0.2, -0.15) is 0 Å². The Morgan fingerprint density at radius 1 is 1.05 bits per heavy atom. The van der Waals surface area contributed by atoms with Gasteiger partial charge >= 0.3 is 0 Å². The third-order valence-corrected chi connectivity index (χ3v) is 8.90. The minimum Gasteiger partial charge on any atom is -0.455 e. The van der Waals surface area contributed by atoms with E-state index >= 15 is 0 Å². The molecular weight excluding hydrogens is 580 g/mol. The number of aromatic nitrogens is 2. The first-order valence-electron chi connectivity index (χ1n) is 11.9. The number of sulfonamides is 1. The van der Waals surface area contributed by atoms with Crippen molar-refractivity contribution >= 4 is 42.5 Å². The number of pyridine rings is 1. The molecule has 0 saturated carbocycles. The Bertz CT molecular complexity index is 1800. The van der Waals surface area contributed by atoms with E-state index in [9.17, 15) is 31.7 Å². The molecule has 0 fully saturated rings. The maximum Gasteiger partial charge on any atom is 0.289 e. The number of hydrogen-bond acceptors (Lipinski definition) is 11. The van der Waals surface area contributed by atoms with Crippen molar-refractivity contribution < 1.29 is 40.8 Å². The van der Waals surface area contributed by atoms with Gasteiger partial charge in [0.05, 0.1) is 42.3 Å². The standard InChI is InChI=1S/C25H24N4O10S2/c1-37-11-12-38-13-14-40(33,34)23-20(29(31)32)6-4-8-22(23)41(35,36)28-25(30)19-5-2-3-7-21(19)39-18-15-17-9-10-26-24(17)27-16-18/h2-10,15-16H,11-14H2,1H3,(H,26,27)(H,28,30). The topological polar surface area (TPSA) is 197 Å². The number of hydrogen-bond donors (Lipinski definition) is 2. The van der Waals surface area contributed by atoms with Crippen LogP contribution in [0.25, 0.3) is 11.0 Å². The van der Waals surface area contributed by atoms with Crippen LogP contribution in [0, 0.1) is 10.1 Å². The summed E-state index contributed by atoms with van der Waals surface area (Å²) in [4.78, 5) is 28.9. The van der Waals surface area contributed by atoms with Gasteiger partial charge in [-0.05, 0) is 30.3 Å². The van der Waals surface area contributed by atoms with E-state index in [4.69, 9.17) is 14.2 Å². The molecule has 0 unspecified atom stereocenters. The monoisotopic (exact) mass is 604 g/mol. The zero-order valence-corrected chi connectivity index (χ0v) is 23.1. The number of rotatable bonds is 13. The van der Waals surface area contributed by atoms with Gasteiger partial charge < -0.3 is 19.2 Å². The molecule has 2 aromatic heterocycles. The van der Waals surface area contributed by atoms with Crippen LogP contribution in [0.5, 0.6) is 11.5 Å². The van der Waals surface area contributed by atoms with Gasteiger partial charge in [0.1, 0.15) is 22.0 Å². The van der Waals surface area contributed by atoms with Crippen LogP contribution in [0.2, 0.25) is 0 Å². The van der Waals surface area contributed by atoms with E-state index in [1.807, 2.05) is 0 Å². The predicted octanol–water partition coefficient (Wildman–Crippen LogP) is 2.82. The van der Waals surface area contributed by atoms with Crippen molar-refractivity contribution in [2.45, 2.75) is 9.79 Å². The fourth-order valence-electron chi connectivity index (χ4n) is 3.76. The van der Waals surface area contributed by atoms with E-state index in [-0.39, 0.29) is 36.9 Å². The van der Waals surface area contributed by atoms with Crippen LogP contribution in [0.15, 0.2) is 76.8 Å². The van der Waals surface area contributed by atoms with Gasteiger partial charge in [0.25, 0.3) is 21.6 Å².